The standard InChI is InChI=1S/C16H11N2/c1-3-10-17-15(8-1)13-6-5-7-14(12-13)16-9-2-4-11-18-16/h1-4,6-12H. The van der Waals surface area contributed by atoms with Crippen molar-refractivity contribution in [2.75, 3.05) is 0 Å². The van der Waals surface area contributed by atoms with Crippen LogP contribution in [0.2, 0.25) is 0 Å². The average molecular weight is 231 g/mol. The highest BCUT2D eigenvalue weighted by Gasteiger charge is 2.02. The molecule has 3 rings (SSSR count). The minimum atomic E-state index is 0.950. The van der Waals surface area contributed by atoms with Crippen LogP contribution in [0.25, 0.3) is 22.5 Å². The van der Waals surface area contributed by atoms with Gasteiger partial charge in [0.1, 0.15) is 0 Å². The van der Waals surface area contributed by atoms with Crippen LogP contribution in [-0.2, 0) is 0 Å². The first-order valence-electron chi connectivity index (χ1n) is 5.77. The molecule has 3 aromatic rings. The molecule has 0 unspecified atom stereocenters. The minimum absolute atomic E-state index is 0.950. The zero-order valence-corrected chi connectivity index (χ0v) is 9.75. The Morgan fingerprint density at radius 3 is 1.72 bits per heavy atom. The van der Waals surface area contributed by atoms with Gasteiger partial charge in [-0.1, -0.05) is 12.1 Å². The molecule has 0 atom stereocenters. The Bertz CT molecular complexity index is 579. The maximum absolute atomic E-state index is 4.34. The summed E-state index contributed by atoms with van der Waals surface area (Å²) in [5.41, 5.74) is 4.01. The zero-order valence-electron chi connectivity index (χ0n) is 9.75. The molecule has 2 heterocycles. The predicted molar refractivity (Wildman–Crippen MR) is 71.7 cm³/mol. The third-order valence-electron chi connectivity index (χ3n) is 2.71. The normalized spacial score (nSPS) is 10.2. The lowest BCUT2D eigenvalue weighted by molar-refractivity contribution is 1.31. The van der Waals surface area contributed by atoms with Gasteiger partial charge in [-0.3, -0.25) is 9.97 Å². The van der Waals surface area contributed by atoms with Crippen molar-refractivity contribution in [3.63, 3.8) is 0 Å². The van der Waals surface area contributed by atoms with Crippen molar-refractivity contribution in [2.45, 2.75) is 0 Å². The summed E-state index contributed by atoms with van der Waals surface area (Å²) in [6.07, 6.45) is 3.59. The van der Waals surface area contributed by atoms with Crippen LogP contribution in [0.1, 0.15) is 0 Å². The number of aromatic nitrogens is 2. The molecule has 0 saturated heterocycles. The monoisotopic (exact) mass is 231 g/mol. The SMILES string of the molecule is [c]1cc(-c2ccccn2)cc(-c2ccccn2)c1. The van der Waals surface area contributed by atoms with Gasteiger partial charge in [0.05, 0.1) is 11.4 Å². The van der Waals surface area contributed by atoms with E-state index in [9.17, 15) is 0 Å². The molecule has 1 aromatic carbocycles. The van der Waals surface area contributed by atoms with Gasteiger partial charge in [-0.15, -0.1) is 0 Å². The third kappa shape index (κ3) is 2.13. The number of benzene rings is 1. The molecule has 0 aliphatic rings. The van der Waals surface area contributed by atoms with Crippen LogP contribution in [0.15, 0.2) is 67.0 Å². The fourth-order valence-electron chi connectivity index (χ4n) is 1.83. The molecule has 0 N–H and O–H groups in total. The highest BCUT2D eigenvalue weighted by Crippen LogP contribution is 2.23. The minimum Gasteiger partial charge on any atom is -0.256 e. The van der Waals surface area contributed by atoms with Crippen molar-refractivity contribution in [1.82, 2.24) is 9.97 Å². The van der Waals surface area contributed by atoms with E-state index in [0.29, 0.717) is 0 Å². The van der Waals surface area contributed by atoms with E-state index in [1.807, 2.05) is 48.5 Å². The molecule has 2 heteroatoms. The van der Waals surface area contributed by atoms with Gasteiger partial charge >= 0.3 is 0 Å². The second kappa shape index (κ2) is 4.80. The Kier molecular flexibility index (Phi) is 2.84. The van der Waals surface area contributed by atoms with E-state index in [0.717, 1.165) is 22.5 Å². The summed E-state index contributed by atoms with van der Waals surface area (Å²) in [5.74, 6) is 0. The van der Waals surface area contributed by atoms with E-state index in [1.165, 1.54) is 0 Å². The van der Waals surface area contributed by atoms with Gasteiger partial charge in [-0.2, -0.15) is 0 Å². The maximum atomic E-state index is 4.34. The molecule has 0 spiro atoms. The van der Waals surface area contributed by atoms with Crippen LogP contribution in [0.5, 0.6) is 0 Å². The number of nitrogens with zero attached hydrogens (tertiary/aromatic N) is 2. The molecule has 2 aromatic heterocycles. The molecule has 18 heavy (non-hydrogen) atoms. The summed E-state index contributed by atoms with van der Waals surface area (Å²) in [6, 6.07) is 20.9. The van der Waals surface area contributed by atoms with Crippen molar-refractivity contribution in [2.24, 2.45) is 0 Å². The maximum Gasteiger partial charge on any atom is 0.0702 e. The fourth-order valence-corrected chi connectivity index (χ4v) is 1.83. The van der Waals surface area contributed by atoms with E-state index in [1.54, 1.807) is 12.4 Å². The summed E-state index contributed by atoms with van der Waals surface area (Å²) in [7, 11) is 0. The van der Waals surface area contributed by atoms with Crippen LogP contribution in [0, 0.1) is 6.07 Å². The van der Waals surface area contributed by atoms with E-state index >= 15 is 0 Å². The number of rotatable bonds is 2. The summed E-state index contributed by atoms with van der Waals surface area (Å²) < 4.78 is 0. The van der Waals surface area contributed by atoms with Gasteiger partial charge in [0, 0.05) is 23.5 Å². The van der Waals surface area contributed by atoms with Crippen LogP contribution in [0.3, 0.4) is 0 Å². The second-order valence-electron chi connectivity index (χ2n) is 3.94. The first-order valence-corrected chi connectivity index (χ1v) is 5.77. The van der Waals surface area contributed by atoms with Gasteiger partial charge in [-0.25, -0.2) is 0 Å². The Hall–Kier alpha value is -2.48. The summed E-state index contributed by atoms with van der Waals surface area (Å²) >= 11 is 0. The quantitative estimate of drug-likeness (QED) is 0.673. The van der Waals surface area contributed by atoms with Crippen LogP contribution >= 0.6 is 0 Å². The van der Waals surface area contributed by atoms with E-state index in [-0.39, 0.29) is 0 Å². The zero-order chi connectivity index (χ0) is 12.2. The lowest BCUT2D eigenvalue weighted by Crippen LogP contribution is -1.85. The van der Waals surface area contributed by atoms with Crippen LogP contribution in [-0.4, -0.2) is 9.97 Å². The summed E-state index contributed by atoms with van der Waals surface area (Å²) in [5, 5.41) is 0. The number of hydrogen-bond acceptors (Lipinski definition) is 2. The van der Waals surface area contributed by atoms with Crippen LogP contribution < -0.4 is 0 Å². The lowest BCUT2D eigenvalue weighted by atomic mass is 10.1. The van der Waals surface area contributed by atoms with Gasteiger partial charge in [0.15, 0.2) is 0 Å². The highest BCUT2D eigenvalue weighted by atomic mass is 14.7. The van der Waals surface area contributed by atoms with Crippen molar-refractivity contribution in [1.29, 1.82) is 0 Å². The van der Waals surface area contributed by atoms with E-state index in [2.05, 4.69) is 22.1 Å². The topological polar surface area (TPSA) is 25.8 Å². The molecule has 0 aliphatic carbocycles. The lowest BCUT2D eigenvalue weighted by Gasteiger charge is -2.04. The summed E-state index contributed by atoms with van der Waals surface area (Å²) in [6.45, 7) is 0. The smallest absolute Gasteiger partial charge is 0.0702 e. The molecule has 0 fully saturated rings. The Morgan fingerprint density at radius 1 is 0.722 bits per heavy atom. The van der Waals surface area contributed by atoms with Gasteiger partial charge in [0.2, 0.25) is 0 Å². The van der Waals surface area contributed by atoms with Gasteiger partial charge in [-0.05, 0) is 48.5 Å². The highest BCUT2D eigenvalue weighted by molar-refractivity contribution is 5.68. The first-order chi connectivity index (χ1) is 8.93. The van der Waals surface area contributed by atoms with Gasteiger partial charge in [0.25, 0.3) is 0 Å². The van der Waals surface area contributed by atoms with E-state index < -0.39 is 0 Å². The number of pyridine rings is 2. The van der Waals surface area contributed by atoms with Crippen molar-refractivity contribution < 1.29 is 0 Å². The Morgan fingerprint density at radius 2 is 1.28 bits per heavy atom. The molecular weight excluding hydrogens is 220 g/mol. The van der Waals surface area contributed by atoms with E-state index in [4.69, 9.17) is 0 Å². The second-order valence-corrected chi connectivity index (χ2v) is 3.94. The van der Waals surface area contributed by atoms with Crippen molar-refractivity contribution in [3.05, 3.63) is 73.1 Å². The largest absolute Gasteiger partial charge is 0.256 e. The van der Waals surface area contributed by atoms with Gasteiger partial charge < -0.3 is 0 Å². The molecular formula is C16H11N2. The fraction of sp³-hybridized carbons (Fsp3) is 0. The summed E-state index contributed by atoms with van der Waals surface area (Å²) in [4.78, 5) is 8.69. The Balaban J connectivity index is 2.05. The molecule has 85 valence electrons. The average Bonchev–Trinajstić information content (AvgIpc) is 2.49. The first kappa shape index (κ1) is 10.7. The molecule has 0 bridgehead atoms. The van der Waals surface area contributed by atoms with Crippen molar-refractivity contribution >= 4 is 0 Å². The number of hydrogen-bond donors (Lipinski definition) is 0. The molecule has 1 radical (unpaired) electrons. The van der Waals surface area contributed by atoms with Crippen LogP contribution in [0.4, 0.5) is 0 Å². The Labute approximate surface area is 106 Å². The molecule has 0 saturated carbocycles. The molecule has 2 nitrogen and oxygen atoms in total. The third-order valence-corrected chi connectivity index (χ3v) is 2.71. The van der Waals surface area contributed by atoms with Crippen molar-refractivity contribution in [3.8, 4) is 22.5 Å². The molecule has 0 aliphatic heterocycles. The molecule has 0 amide bonds. The predicted octanol–water partition coefficient (Wildman–Crippen LogP) is 3.61.